The van der Waals surface area contributed by atoms with E-state index in [4.69, 9.17) is 5.26 Å². The van der Waals surface area contributed by atoms with Gasteiger partial charge in [-0.15, -0.1) is 0 Å². The minimum Gasteiger partial charge on any atom is -0.412 e. The van der Waals surface area contributed by atoms with Crippen molar-refractivity contribution in [3.8, 4) is 6.07 Å². The molecule has 1 aromatic carbocycles. The molecule has 0 heterocycles. The molecule has 0 radical (unpaired) electrons. The molecular formula is C9H11NO. The maximum Gasteiger partial charge on any atom is 0.0625 e. The van der Waals surface area contributed by atoms with E-state index in [9.17, 15) is 0 Å². The van der Waals surface area contributed by atoms with Crippen LogP contribution in [0, 0.1) is 11.3 Å². The Bertz CT molecular complexity index is 225. The van der Waals surface area contributed by atoms with Crippen molar-refractivity contribution in [1.82, 2.24) is 0 Å². The van der Waals surface area contributed by atoms with Gasteiger partial charge < -0.3 is 5.48 Å². The molecule has 0 saturated carbocycles. The molecule has 0 spiro atoms. The third-order valence-electron chi connectivity index (χ3n) is 1.37. The Morgan fingerprint density at radius 3 is 2.36 bits per heavy atom. The first-order chi connectivity index (χ1) is 4.93. The van der Waals surface area contributed by atoms with Crippen molar-refractivity contribution in [3.05, 3.63) is 35.9 Å². The lowest BCUT2D eigenvalue weighted by Gasteiger charge is -1.92. The second-order valence-corrected chi connectivity index (χ2v) is 2.14. The van der Waals surface area contributed by atoms with E-state index in [1.54, 1.807) is 0 Å². The van der Waals surface area contributed by atoms with Crippen LogP contribution >= 0.6 is 0 Å². The molecule has 2 nitrogen and oxygen atoms in total. The molecule has 0 atom stereocenters. The Morgan fingerprint density at radius 2 is 1.82 bits per heavy atom. The predicted molar refractivity (Wildman–Crippen MR) is 44.0 cm³/mol. The maximum absolute atomic E-state index is 8.28. The molecule has 11 heavy (non-hydrogen) atoms. The molecule has 0 aromatic heterocycles. The number of nitriles is 1. The molecule has 0 aliphatic heterocycles. The third kappa shape index (κ3) is 3.39. The molecule has 1 rings (SSSR count). The lowest BCUT2D eigenvalue weighted by atomic mass is 10.1. The number of hydrogen-bond donors (Lipinski definition) is 0. The van der Waals surface area contributed by atoms with Gasteiger partial charge in [0.2, 0.25) is 0 Å². The Balaban J connectivity index is 0.000001000. The number of benzene rings is 1. The first-order valence-electron chi connectivity index (χ1n) is 3.34. The highest BCUT2D eigenvalue weighted by molar-refractivity contribution is 5.15. The van der Waals surface area contributed by atoms with E-state index in [0.29, 0.717) is 6.42 Å². The summed E-state index contributed by atoms with van der Waals surface area (Å²) in [5.41, 5.74) is 1.24. The summed E-state index contributed by atoms with van der Waals surface area (Å²) in [5, 5.41) is 8.28. The highest BCUT2D eigenvalue weighted by Gasteiger charge is 1.87. The van der Waals surface area contributed by atoms with Gasteiger partial charge in [0, 0.05) is 6.42 Å². The number of nitrogens with zero attached hydrogens (tertiary/aromatic N) is 1. The summed E-state index contributed by atoms with van der Waals surface area (Å²) in [6.45, 7) is 0. The zero-order valence-corrected chi connectivity index (χ0v) is 6.25. The molecule has 0 bridgehead atoms. The minimum atomic E-state index is 0. The standard InChI is InChI=1S/C9H9N.H2O/c10-8-4-7-9-5-2-1-3-6-9;/h1-3,5-6H,4,7H2;1H2. The molecule has 58 valence electrons. The van der Waals surface area contributed by atoms with Gasteiger partial charge in [0.1, 0.15) is 0 Å². The second-order valence-electron chi connectivity index (χ2n) is 2.14. The van der Waals surface area contributed by atoms with E-state index < -0.39 is 0 Å². The van der Waals surface area contributed by atoms with Gasteiger partial charge in [-0.2, -0.15) is 5.26 Å². The summed E-state index contributed by atoms with van der Waals surface area (Å²) in [7, 11) is 0. The van der Waals surface area contributed by atoms with Crippen LogP contribution in [-0.4, -0.2) is 5.48 Å². The fraction of sp³-hybridized carbons (Fsp3) is 0.222. The van der Waals surface area contributed by atoms with Crippen molar-refractivity contribution >= 4 is 0 Å². The Labute approximate surface area is 66.4 Å². The highest BCUT2D eigenvalue weighted by Crippen LogP contribution is 2.00. The van der Waals surface area contributed by atoms with Gasteiger partial charge in [-0.25, -0.2) is 0 Å². The lowest BCUT2D eigenvalue weighted by Crippen LogP contribution is -1.80. The normalized spacial score (nSPS) is 7.91. The minimum absolute atomic E-state index is 0. The van der Waals surface area contributed by atoms with Gasteiger partial charge in [0.15, 0.2) is 0 Å². The Kier molecular flexibility index (Phi) is 4.80. The van der Waals surface area contributed by atoms with Gasteiger partial charge in [-0.05, 0) is 12.0 Å². The predicted octanol–water partition coefficient (Wildman–Crippen LogP) is 1.32. The van der Waals surface area contributed by atoms with Gasteiger partial charge >= 0.3 is 0 Å². The summed E-state index contributed by atoms with van der Waals surface area (Å²) in [6, 6.07) is 12.2. The quantitative estimate of drug-likeness (QED) is 0.625. The van der Waals surface area contributed by atoms with Crippen LogP contribution in [0.4, 0.5) is 0 Å². The zero-order chi connectivity index (χ0) is 7.23. The molecule has 1 aromatic rings. The number of hydrogen-bond acceptors (Lipinski definition) is 1. The summed E-state index contributed by atoms with van der Waals surface area (Å²) in [6.07, 6.45) is 1.49. The molecule has 0 aliphatic carbocycles. The first-order valence-corrected chi connectivity index (χ1v) is 3.34. The van der Waals surface area contributed by atoms with Gasteiger partial charge in [0.05, 0.1) is 6.07 Å². The van der Waals surface area contributed by atoms with Crippen molar-refractivity contribution in [2.24, 2.45) is 0 Å². The average Bonchev–Trinajstić information content (AvgIpc) is 2.03. The monoisotopic (exact) mass is 149 g/mol. The SMILES string of the molecule is N#CCCc1ccccc1.O. The Morgan fingerprint density at radius 1 is 1.18 bits per heavy atom. The fourth-order valence-electron chi connectivity index (χ4n) is 0.845. The number of rotatable bonds is 2. The molecule has 0 fully saturated rings. The van der Waals surface area contributed by atoms with Crippen LogP contribution in [0.3, 0.4) is 0 Å². The van der Waals surface area contributed by atoms with E-state index in [1.165, 1.54) is 5.56 Å². The summed E-state index contributed by atoms with van der Waals surface area (Å²) < 4.78 is 0. The first kappa shape index (κ1) is 9.67. The van der Waals surface area contributed by atoms with Crippen molar-refractivity contribution in [2.45, 2.75) is 12.8 Å². The lowest BCUT2D eigenvalue weighted by molar-refractivity contribution is 0.824. The van der Waals surface area contributed by atoms with Gasteiger partial charge in [-0.1, -0.05) is 30.3 Å². The Hall–Kier alpha value is -1.33. The van der Waals surface area contributed by atoms with Crippen LogP contribution in [0.1, 0.15) is 12.0 Å². The molecule has 0 unspecified atom stereocenters. The van der Waals surface area contributed by atoms with Crippen LogP contribution in [0.15, 0.2) is 30.3 Å². The van der Waals surface area contributed by atoms with Crippen molar-refractivity contribution in [2.75, 3.05) is 0 Å². The highest BCUT2D eigenvalue weighted by atomic mass is 16.0. The van der Waals surface area contributed by atoms with E-state index in [0.717, 1.165) is 6.42 Å². The molecular weight excluding hydrogens is 138 g/mol. The molecule has 0 amide bonds. The topological polar surface area (TPSA) is 55.3 Å². The third-order valence-corrected chi connectivity index (χ3v) is 1.37. The zero-order valence-electron chi connectivity index (χ0n) is 6.25. The van der Waals surface area contributed by atoms with Crippen LogP contribution in [0.25, 0.3) is 0 Å². The van der Waals surface area contributed by atoms with Crippen LogP contribution in [0.5, 0.6) is 0 Å². The fourth-order valence-corrected chi connectivity index (χ4v) is 0.845. The van der Waals surface area contributed by atoms with Crippen LogP contribution in [-0.2, 0) is 6.42 Å². The largest absolute Gasteiger partial charge is 0.412 e. The van der Waals surface area contributed by atoms with Crippen LogP contribution < -0.4 is 0 Å². The molecule has 0 aliphatic rings. The van der Waals surface area contributed by atoms with Crippen molar-refractivity contribution < 1.29 is 5.48 Å². The second kappa shape index (κ2) is 5.45. The van der Waals surface area contributed by atoms with Crippen molar-refractivity contribution in [1.29, 1.82) is 5.26 Å². The summed E-state index contributed by atoms with van der Waals surface area (Å²) in [4.78, 5) is 0. The van der Waals surface area contributed by atoms with E-state index in [1.807, 2.05) is 30.3 Å². The van der Waals surface area contributed by atoms with E-state index in [2.05, 4.69) is 6.07 Å². The van der Waals surface area contributed by atoms with Crippen molar-refractivity contribution in [3.63, 3.8) is 0 Å². The van der Waals surface area contributed by atoms with E-state index >= 15 is 0 Å². The molecule has 2 N–H and O–H groups in total. The van der Waals surface area contributed by atoms with Gasteiger partial charge in [0.25, 0.3) is 0 Å². The number of aryl methyl sites for hydroxylation is 1. The summed E-state index contributed by atoms with van der Waals surface area (Å²) >= 11 is 0. The van der Waals surface area contributed by atoms with Gasteiger partial charge in [-0.3, -0.25) is 0 Å². The smallest absolute Gasteiger partial charge is 0.0625 e. The molecule has 2 heteroatoms. The maximum atomic E-state index is 8.28. The van der Waals surface area contributed by atoms with Crippen LogP contribution in [0.2, 0.25) is 0 Å². The van der Waals surface area contributed by atoms with E-state index in [-0.39, 0.29) is 5.48 Å². The molecule has 0 saturated heterocycles. The summed E-state index contributed by atoms with van der Waals surface area (Å²) in [5.74, 6) is 0. The average molecular weight is 149 g/mol.